The Morgan fingerprint density at radius 2 is 2.27 bits per heavy atom. The van der Waals surface area contributed by atoms with Crippen LogP contribution in [-0.2, 0) is 25.2 Å². The average molecular weight is 329 g/mol. The Kier molecular flexibility index (Phi) is 5.17. The number of nitrogens with zero attached hydrogens (tertiary/aromatic N) is 1. The van der Waals surface area contributed by atoms with Crippen molar-refractivity contribution in [1.29, 1.82) is 0 Å². The van der Waals surface area contributed by atoms with Crippen molar-refractivity contribution in [2.24, 2.45) is 0 Å². The molecular formula is C13H19N3O5S. The van der Waals surface area contributed by atoms with Crippen molar-refractivity contribution in [3.8, 4) is 0 Å². The molecule has 1 fully saturated rings. The Labute approximate surface area is 128 Å². The van der Waals surface area contributed by atoms with Crippen LogP contribution in [0.3, 0.4) is 0 Å². The van der Waals surface area contributed by atoms with Gasteiger partial charge in [-0.1, -0.05) is 5.16 Å². The molecule has 0 bridgehead atoms. The molecule has 0 aliphatic carbocycles. The third-order valence-corrected chi connectivity index (χ3v) is 4.70. The van der Waals surface area contributed by atoms with Crippen molar-refractivity contribution in [2.75, 3.05) is 12.3 Å². The quantitative estimate of drug-likeness (QED) is 0.764. The maximum absolute atomic E-state index is 12.0. The predicted molar refractivity (Wildman–Crippen MR) is 77.5 cm³/mol. The number of amides is 2. The van der Waals surface area contributed by atoms with Crippen LogP contribution in [0, 0.1) is 6.92 Å². The summed E-state index contributed by atoms with van der Waals surface area (Å²) in [4.78, 5) is 23.6. The number of rotatable bonds is 5. The second kappa shape index (κ2) is 6.91. The molecule has 1 saturated heterocycles. The minimum Gasteiger partial charge on any atom is -0.361 e. The van der Waals surface area contributed by atoms with Gasteiger partial charge < -0.3 is 15.2 Å². The smallest absolute Gasteiger partial charge is 0.242 e. The van der Waals surface area contributed by atoms with Crippen LogP contribution in [0.25, 0.3) is 0 Å². The lowest BCUT2D eigenvalue weighted by Crippen LogP contribution is -2.47. The highest BCUT2D eigenvalue weighted by molar-refractivity contribution is 7.91. The van der Waals surface area contributed by atoms with Crippen molar-refractivity contribution < 1.29 is 22.5 Å². The summed E-state index contributed by atoms with van der Waals surface area (Å²) in [5, 5.41) is 8.76. The second-order valence-electron chi connectivity index (χ2n) is 5.37. The van der Waals surface area contributed by atoms with E-state index in [1.807, 2.05) is 0 Å². The van der Waals surface area contributed by atoms with Gasteiger partial charge in [0.15, 0.2) is 9.84 Å². The van der Waals surface area contributed by atoms with E-state index in [9.17, 15) is 18.0 Å². The lowest BCUT2D eigenvalue weighted by molar-refractivity contribution is -0.127. The number of hydrogen-bond acceptors (Lipinski definition) is 6. The Hall–Kier alpha value is -1.90. The van der Waals surface area contributed by atoms with Crippen LogP contribution in [0.4, 0.5) is 0 Å². The van der Waals surface area contributed by atoms with Crippen LogP contribution in [0.1, 0.15) is 30.7 Å². The van der Waals surface area contributed by atoms with Gasteiger partial charge in [0, 0.05) is 12.6 Å². The molecule has 1 aromatic rings. The number of carbonyl (C=O) groups is 2. The van der Waals surface area contributed by atoms with Gasteiger partial charge in [-0.25, -0.2) is 8.42 Å². The van der Waals surface area contributed by atoms with Crippen LogP contribution >= 0.6 is 0 Å². The standard InChI is InChI=1S/C13H19N3O5S/c1-9-6-10(16-21-9)7-22(19,20)8-12(17)15-11-4-2-3-5-14-13(11)18/h6,11H,2-5,7-8H2,1H3,(H,14,18)(H,15,17)/t11-/m1/s1. The summed E-state index contributed by atoms with van der Waals surface area (Å²) in [6.07, 6.45) is 2.16. The van der Waals surface area contributed by atoms with E-state index in [1.54, 1.807) is 6.92 Å². The summed E-state index contributed by atoms with van der Waals surface area (Å²) < 4.78 is 28.7. The zero-order valence-electron chi connectivity index (χ0n) is 12.3. The summed E-state index contributed by atoms with van der Waals surface area (Å²) in [5.74, 6) is -1.49. The number of aryl methyl sites for hydroxylation is 1. The van der Waals surface area contributed by atoms with Crippen molar-refractivity contribution >= 4 is 21.7 Å². The molecular weight excluding hydrogens is 310 g/mol. The van der Waals surface area contributed by atoms with E-state index in [4.69, 9.17) is 4.52 Å². The summed E-state index contributed by atoms with van der Waals surface area (Å²) >= 11 is 0. The van der Waals surface area contributed by atoms with E-state index in [0.717, 1.165) is 12.8 Å². The molecule has 1 aromatic heterocycles. The van der Waals surface area contributed by atoms with Crippen molar-refractivity contribution in [3.63, 3.8) is 0 Å². The van der Waals surface area contributed by atoms with Gasteiger partial charge in [-0.3, -0.25) is 9.59 Å². The third kappa shape index (κ3) is 4.83. The molecule has 0 saturated carbocycles. The van der Waals surface area contributed by atoms with E-state index < -0.39 is 27.5 Å². The van der Waals surface area contributed by atoms with Gasteiger partial charge in [0.1, 0.15) is 17.6 Å². The predicted octanol–water partition coefficient (Wildman–Crippen LogP) is -0.317. The molecule has 122 valence electrons. The minimum absolute atomic E-state index is 0.262. The summed E-state index contributed by atoms with van der Waals surface area (Å²) in [6.45, 7) is 2.23. The molecule has 1 aliphatic rings. The van der Waals surface area contributed by atoms with Gasteiger partial charge in [0.25, 0.3) is 0 Å². The van der Waals surface area contributed by atoms with Crippen LogP contribution in [0.15, 0.2) is 10.6 Å². The Bertz CT molecular complexity index is 652. The molecule has 0 aromatic carbocycles. The van der Waals surface area contributed by atoms with Gasteiger partial charge in [0.05, 0.1) is 11.4 Å². The molecule has 1 atom stereocenters. The van der Waals surface area contributed by atoms with Crippen molar-refractivity contribution in [3.05, 3.63) is 17.5 Å². The minimum atomic E-state index is -3.66. The van der Waals surface area contributed by atoms with Crippen LogP contribution in [0.5, 0.6) is 0 Å². The molecule has 0 unspecified atom stereocenters. The van der Waals surface area contributed by atoms with Crippen LogP contribution in [-0.4, -0.2) is 43.7 Å². The fourth-order valence-corrected chi connectivity index (χ4v) is 3.45. The summed E-state index contributed by atoms with van der Waals surface area (Å²) in [6, 6.07) is 0.841. The fourth-order valence-electron chi connectivity index (χ4n) is 2.28. The molecule has 22 heavy (non-hydrogen) atoms. The molecule has 0 radical (unpaired) electrons. The molecule has 2 rings (SSSR count). The zero-order valence-corrected chi connectivity index (χ0v) is 13.1. The molecule has 9 heteroatoms. The first-order valence-electron chi connectivity index (χ1n) is 7.05. The van der Waals surface area contributed by atoms with E-state index in [2.05, 4.69) is 15.8 Å². The zero-order chi connectivity index (χ0) is 16.2. The molecule has 8 nitrogen and oxygen atoms in total. The van der Waals surface area contributed by atoms with Gasteiger partial charge in [0.2, 0.25) is 11.8 Å². The monoisotopic (exact) mass is 329 g/mol. The van der Waals surface area contributed by atoms with Crippen molar-refractivity contribution in [2.45, 2.75) is 38.0 Å². The lowest BCUT2D eigenvalue weighted by Gasteiger charge is -2.15. The number of hydrogen-bond donors (Lipinski definition) is 2. The number of sulfone groups is 1. The Morgan fingerprint density at radius 3 is 2.95 bits per heavy atom. The van der Waals surface area contributed by atoms with E-state index >= 15 is 0 Å². The normalized spacial score (nSPS) is 19.3. The van der Waals surface area contributed by atoms with E-state index in [1.165, 1.54) is 6.07 Å². The van der Waals surface area contributed by atoms with Crippen molar-refractivity contribution in [1.82, 2.24) is 15.8 Å². The number of aromatic nitrogens is 1. The maximum atomic E-state index is 12.0. The Balaban J connectivity index is 1.91. The summed E-state index contributed by atoms with van der Waals surface area (Å²) in [7, 11) is -3.66. The van der Waals surface area contributed by atoms with Crippen LogP contribution in [0.2, 0.25) is 0 Å². The number of nitrogens with one attached hydrogen (secondary N) is 2. The third-order valence-electron chi connectivity index (χ3n) is 3.27. The highest BCUT2D eigenvalue weighted by Crippen LogP contribution is 2.08. The van der Waals surface area contributed by atoms with Crippen LogP contribution < -0.4 is 10.6 Å². The second-order valence-corrected chi connectivity index (χ2v) is 7.43. The molecule has 2 N–H and O–H groups in total. The maximum Gasteiger partial charge on any atom is 0.242 e. The highest BCUT2D eigenvalue weighted by Gasteiger charge is 2.25. The molecule has 0 spiro atoms. The first kappa shape index (κ1) is 16.5. The fraction of sp³-hybridized carbons (Fsp3) is 0.615. The topological polar surface area (TPSA) is 118 Å². The Morgan fingerprint density at radius 1 is 1.50 bits per heavy atom. The first-order valence-corrected chi connectivity index (χ1v) is 8.87. The van der Waals surface area contributed by atoms with Gasteiger partial charge >= 0.3 is 0 Å². The lowest BCUT2D eigenvalue weighted by atomic mass is 10.1. The van der Waals surface area contributed by atoms with E-state index in [0.29, 0.717) is 18.7 Å². The largest absolute Gasteiger partial charge is 0.361 e. The van der Waals surface area contributed by atoms with Gasteiger partial charge in [-0.05, 0) is 26.2 Å². The van der Waals surface area contributed by atoms with E-state index in [-0.39, 0.29) is 17.4 Å². The molecule has 1 aliphatic heterocycles. The molecule has 2 heterocycles. The summed E-state index contributed by atoms with van der Waals surface area (Å²) in [5.41, 5.74) is 0.262. The average Bonchev–Trinajstić information content (AvgIpc) is 2.69. The highest BCUT2D eigenvalue weighted by atomic mass is 32.2. The molecule has 2 amide bonds. The SMILES string of the molecule is Cc1cc(CS(=O)(=O)CC(=O)N[C@@H]2CCCCNC2=O)no1. The van der Waals surface area contributed by atoms with Gasteiger partial charge in [-0.15, -0.1) is 0 Å². The first-order chi connectivity index (χ1) is 10.4. The number of carbonyl (C=O) groups excluding carboxylic acids is 2. The van der Waals surface area contributed by atoms with Gasteiger partial charge in [-0.2, -0.15) is 0 Å².